The first-order valence-corrected chi connectivity index (χ1v) is 10.8. The number of para-hydroxylation sites is 1. The predicted octanol–water partition coefficient (Wildman–Crippen LogP) is 5.99. The lowest BCUT2D eigenvalue weighted by molar-refractivity contribution is 0.225. The summed E-state index contributed by atoms with van der Waals surface area (Å²) in [5.41, 5.74) is 4.42. The van der Waals surface area contributed by atoms with Gasteiger partial charge in [0.1, 0.15) is 0 Å². The Bertz CT molecular complexity index is 1190. The van der Waals surface area contributed by atoms with Crippen molar-refractivity contribution in [2.45, 2.75) is 17.1 Å². The number of nitrogens with one attached hydrogen (secondary N) is 1. The van der Waals surface area contributed by atoms with Crippen LogP contribution in [0.1, 0.15) is 17.4 Å². The number of ether oxygens (including phenoxy) is 1. The molecule has 4 aromatic rings. The van der Waals surface area contributed by atoms with Gasteiger partial charge in [-0.3, -0.25) is 0 Å². The van der Waals surface area contributed by atoms with Crippen LogP contribution in [0.2, 0.25) is 5.02 Å². The number of thioether (sulfide) groups is 1. The lowest BCUT2D eigenvalue weighted by Gasteiger charge is -2.20. The number of fused-ring (bicyclic) bond motifs is 3. The maximum Gasteiger partial charge on any atom is 0.247 e. The second-order valence-electron chi connectivity index (χ2n) is 6.73. The molecule has 0 aliphatic carbocycles. The highest BCUT2D eigenvalue weighted by Crippen LogP contribution is 2.40. The van der Waals surface area contributed by atoms with Gasteiger partial charge in [-0.2, -0.15) is 4.98 Å². The fourth-order valence-electron chi connectivity index (χ4n) is 3.26. The van der Waals surface area contributed by atoms with E-state index in [0.29, 0.717) is 21.8 Å². The molecule has 3 aromatic carbocycles. The monoisotopic (exact) mass is 432 g/mol. The minimum Gasteiger partial charge on any atom is -0.448 e. The van der Waals surface area contributed by atoms with Crippen LogP contribution in [-0.2, 0) is 5.75 Å². The van der Waals surface area contributed by atoms with Crippen molar-refractivity contribution in [3.8, 4) is 17.1 Å². The fraction of sp³-hybridized carbons (Fsp3) is 0.0870. The molecule has 1 aliphatic heterocycles. The molecule has 1 aliphatic rings. The number of rotatable bonds is 4. The van der Waals surface area contributed by atoms with Gasteiger partial charge < -0.3 is 10.1 Å². The van der Waals surface area contributed by atoms with Gasteiger partial charge in [-0.1, -0.05) is 90.1 Å². The van der Waals surface area contributed by atoms with Crippen molar-refractivity contribution in [1.29, 1.82) is 0 Å². The Hall–Kier alpha value is -3.09. The maximum atomic E-state index is 6.44. The molecular formula is C23H17ClN4OS. The summed E-state index contributed by atoms with van der Waals surface area (Å²) in [6.07, 6.45) is -0.496. The van der Waals surface area contributed by atoms with Gasteiger partial charge in [-0.25, -0.2) is 0 Å². The molecule has 30 heavy (non-hydrogen) atoms. The van der Waals surface area contributed by atoms with Crippen molar-refractivity contribution in [2.75, 3.05) is 5.32 Å². The van der Waals surface area contributed by atoms with Gasteiger partial charge in [-0.05, 0) is 17.7 Å². The summed E-state index contributed by atoms with van der Waals surface area (Å²) in [7, 11) is 0. The van der Waals surface area contributed by atoms with E-state index in [1.807, 2.05) is 66.7 Å². The first-order chi connectivity index (χ1) is 14.8. The molecule has 5 nitrogen and oxygen atoms in total. The van der Waals surface area contributed by atoms with Crippen LogP contribution in [0.4, 0.5) is 5.69 Å². The summed E-state index contributed by atoms with van der Waals surface area (Å²) >= 11 is 7.96. The van der Waals surface area contributed by atoms with Gasteiger partial charge >= 0.3 is 0 Å². The molecule has 0 bridgehead atoms. The van der Waals surface area contributed by atoms with Gasteiger partial charge in [0.05, 0.1) is 0 Å². The van der Waals surface area contributed by atoms with E-state index in [0.717, 1.165) is 22.6 Å². The van der Waals surface area contributed by atoms with Crippen molar-refractivity contribution in [3.63, 3.8) is 0 Å². The molecule has 1 N–H and O–H groups in total. The Labute approximate surface area is 183 Å². The van der Waals surface area contributed by atoms with E-state index < -0.39 is 6.23 Å². The normalized spacial score (nSPS) is 14.6. The summed E-state index contributed by atoms with van der Waals surface area (Å²) < 4.78 is 6.28. The number of hydrogen-bond acceptors (Lipinski definition) is 6. The molecule has 0 saturated heterocycles. The number of benzene rings is 3. The molecular weight excluding hydrogens is 416 g/mol. The van der Waals surface area contributed by atoms with Crippen LogP contribution < -0.4 is 10.1 Å². The third kappa shape index (κ3) is 3.84. The van der Waals surface area contributed by atoms with E-state index in [1.165, 1.54) is 17.3 Å². The van der Waals surface area contributed by atoms with E-state index in [-0.39, 0.29) is 0 Å². The molecule has 148 valence electrons. The van der Waals surface area contributed by atoms with E-state index in [4.69, 9.17) is 16.3 Å². The van der Waals surface area contributed by atoms with E-state index in [1.54, 1.807) is 0 Å². The van der Waals surface area contributed by atoms with Gasteiger partial charge in [0.25, 0.3) is 0 Å². The Morgan fingerprint density at radius 3 is 2.53 bits per heavy atom. The molecule has 0 fully saturated rings. The van der Waals surface area contributed by atoms with Crippen molar-refractivity contribution in [3.05, 3.63) is 95.0 Å². The largest absolute Gasteiger partial charge is 0.448 e. The number of halogens is 1. The molecule has 0 saturated carbocycles. The van der Waals surface area contributed by atoms with Crippen molar-refractivity contribution < 1.29 is 4.74 Å². The second kappa shape index (κ2) is 8.34. The lowest BCUT2D eigenvalue weighted by atomic mass is 10.1. The SMILES string of the molecule is Clc1ccccc1C1Nc2ccccc2-c2nnc(SCc3ccccc3)nc2O1. The lowest BCUT2D eigenvalue weighted by Crippen LogP contribution is -2.17. The number of hydrogen-bond donors (Lipinski definition) is 1. The number of anilines is 1. The van der Waals surface area contributed by atoms with E-state index in [2.05, 4.69) is 32.6 Å². The van der Waals surface area contributed by atoms with Crippen LogP contribution in [0, 0.1) is 0 Å². The molecule has 0 radical (unpaired) electrons. The third-order valence-electron chi connectivity index (χ3n) is 4.73. The summed E-state index contributed by atoms with van der Waals surface area (Å²) in [5, 5.41) is 13.4. The third-order valence-corrected chi connectivity index (χ3v) is 5.99. The van der Waals surface area contributed by atoms with Crippen molar-refractivity contribution in [1.82, 2.24) is 15.2 Å². The Morgan fingerprint density at radius 1 is 0.900 bits per heavy atom. The van der Waals surface area contributed by atoms with Crippen LogP contribution in [0.15, 0.2) is 84.0 Å². The van der Waals surface area contributed by atoms with Gasteiger partial charge in [0.2, 0.25) is 11.0 Å². The Balaban J connectivity index is 1.52. The Morgan fingerprint density at radius 2 is 1.67 bits per heavy atom. The predicted molar refractivity (Wildman–Crippen MR) is 120 cm³/mol. The first kappa shape index (κ1) is 18.9. The number of aromatic nitrogens is 3. The minimum absolute atomic E-state index is 0.433. The van der Waals surface area contributed by atoms with Gasteiger partial charge in [0, 0.05) is 27.6 Å². The summed E-state index contributed by atoms with van der Waals surface area (Å²) in [6.45, 7) is 0. The molecule has 2 heterocycles. The van der Waals surface area contributed by atoms with Crippen LogP contribution in [-0.4, -0.2) is 15.2 Å². The van der Waals surface area contributed by atoms with Gasteiger partial charge in [0.15, 0.2) is 11.9 Å². The highest BCUT2D eigenvalue weighted by atomic mass is 35.5. The quantitative estimate of drug-likeness (QED) is 0.400. The maximum absolute atomic E-state index is 6.44. The molecule has 1 atom stereocenters. The fourth-order valence-corrected chi connectivity index (χ4v) is 4.23. The molecule has 1 unspecified atom stereocenters. The molecule has 1 aromatic heterocycles. The molecule has 5 rings (SSSR count). The average molecular weight is 433 g/mol. The van der Waals surface area contributed by atoms with Gasteiger partial charge in [-0.15, -0.1) is 10.2 Å². The zero-order chi connectivity index (χ0) is 20.3. The topological polar surface area (TPSA) is 59.9 Å². The van der Waals surface area contributed by atoms with Crippen LogP contribution in [0.5, 0.6) is 5.88 Å². The summed E-state index contributed by atoms with van der Waals surface area (Å²) in [6, 6.07) is 25.7. The smallest absolute Gasteiger partial charge is 0.247 e. The molecule has 7 heteroatoms. The summed E-state index contributed by atoms with van der Waals surface area (Å²) in [5.74, 6) is 1.19. The number of nitrogens with zero attached hydrogens (tertiary/aromatic N) is 3. The first-order valence-electron chi connectivity index (χ1n) is 9.46. The van der Waals surface area contributed by atoms with Crippen molar-refractivity contribution >= 4 is 29.1 Å². The van der Waals surface area contributed by atoms with E-state index >= 15 is 0 Å². The van der Waals surface area contributed by atoms with Crippen LogP contribution >= 0.6 is 23.4 Å². The zero-order valence-corrected chi connectivity index (χ0v) is 17.4. The molecule has 0 amide bonds. The van der Waals surface area contributed by atoms with Crippen molar-refractivity contribution in [2.24, 2.45) is 0 Å². The standard InChI is InChI=1S/C23H17ClN4OS/c24-18-12-6-4-10-16(18)21-25-19-13-7-5-11-17(19)20-22(29-21)26-23(28-27-20)30-14-15-8-2-1-3-9-15/h1-13,21,25H,14H2. The average Bonchev–Trinajstić information content (AvgIpc) is 2.95. The molecule has 0 spiro atoms. The van der Waals surface area contributed by atoms with E-state index in [9.17, 15) is 0 Å². The van der Waals surface area contributed by atoms with Crippen LogP contribution in [0.25, 0.3) is 11.3 Å². The second-order valence-corrected chi connectivity index (χ2v) is 8.08. The highest BCUT2D eigenvalue weighted by Gasteiger charge is 2.27. The Kier molecular flexibility index (Phi) is 5.26. The minimum atomic E-state index is -0.496. The summed E-state index contributed by atoms with van der Waals surface area (Å²) in [4.78, 5) is 4.68. The zero-order valence-electron chi connectivity index (χ0n) is 15.8. The van der Waals surface area contributed by atoms with Crippen LogP contribution in [0.3, 0.4) is 0 Å². The highest BCUT2D eigenvalue weighted by molar-refractivity contribution is 7.98.